The van der Waals surface area contributed by atoms with E-state index in [1.807, 2.05) is 24.0 Å². The van der Waals surface area contributed by atoms with E-state index in [-0.39, 0.29) is 11.7 Å². The van der Waals surface area contributed by atoms with E-state index in [9.17, 15) is 9.18 Å². The zero-order valence-electron chi connectivity index (χ0n) is 19.3. The highest BCUT2D eigenvalue weighted by molar-refractivity contribution is 6.33. The molecule has 178 valence electrons. The molecular weight excluding hydrogens is 467 g/mol. The second-order valence-electron chi connectivity index (χ2n) is 9.11. The molecular formula is C26H24ClFN6O. The molecule has 9 heteroatoms. The Labute approximate surface area is 207 Å². The number of rotatable bonds is 4. The third-order valence-corrected chi connectivity index (χ3v) is 7.01. The normalized spacial score (nSPS) is 16.2. The molecule has 1 aliphatic heterocycles. The van der Waals surface area contributed by atoms with Gasteiger partial charge in [-0.05, 0) is 56.2 Å². The number of anilines is 1. The topological polar surface area (TPSA) is 67.2 Å². The Morgan fingerprint density at radius 3 is 2.40 bits per heavy atom. The van der Waals surface area contributed by atoms with Gasteiger partial charge in [0.1, 0.15) is 17.5 Å². The molecule has 0 spiro atoms. The van der Waals surface area contributed by atoms with E-state index < -0.39 is 0 Å². The van der Waals surface area contributed by atoms with E-state index >= 15 is 0 Å². The van der Waals surface area contributed by atoms with Crippen molar-refractivity contribution in [1.82, 2.24) is 24.6 Å². The Kier molecular flexibility index (Phi) is 5.40. The van der Waals surface area contributed by atoms with Crippen molar-refractivity contribution in [2.75, 3.05) is 31.1 Å². The maximum absolute atomic E-state index is 13.5. The fourth-order valence-electron chi connectivity index (χ4n) is 4.62. The van der Waals surface area contributed by atoms with Gasteiger partial charge >= 0.3 is 0 Å². The number of aryl methyl sites for hydroxylation is 1. The minimum Gasteiger partial charge on any atom is -0.352 e. The molecule has 1 saturated heterocycles. The summed E-state index contributed by atoms with van der Waals surface area (Å²) in [6.07, 6.45) is 2.16. The summed E-state index contributed by atoms with van der Waals surface area (Å²) in [5.74, 6) is 1.69. The van der Waals surface area contributed by atoms with Crippen LogP contribution in [-0.2, 0) is 0 Å². The average molecular weight is 491 g/mol. The van der Waals surface area contributed by atoms with Crippen LogP contribution in [0.4, 0.5) is 10.2 Å². The monoisotopic (exact) mass is 490 g/mol. The van der Waals surface area contributed by atoms with E-state index in [0.29, 0.717) is 42.7 Å². The molecule has 3 heterocycles. The largest absolute Gasteiger partial charge is 0.352 e. The van der Waals surface area contributed by atoms with Gasteiger partial charge in [0.25, 0.3) is 5.91 Å². The summed E-state index contributed by atoms with van der Waals surface area (Å²) >= 11 is 6.26. The Hall–Kier alpha value is -3.52. The second-order valence-corrected chi connectivity index (χ2v) is 9.52. The van der Waals surface area contributed by atoms with Gasteiger partial charge in [-0.3, -0.25) is 4.79 Å². The number of fused-ring (bicyclic) bond motifs is 1. The van der Waals surface area contributed by atoms with Crippen LogP contribution in [0.2, 0.25) is 5.02 Å². The van der Waals surface area contributed by atoms with Crippen LogP contribution in [0.1, 0.15) is 40.6 Å². The molecule has 0 atom stereocenters. The summed E-state index contributed by atoms with van der Waals surface area (Å²) in [6, 6.07) is 13.4. The number of nitrogens with zero attached hydrogens (tertiary/aromatic N) is 6. The van der Waals surface area contributed by atoms with E-state index in [1.54, 1.807) is 28.9 Å². The Morgan fingerprint density at radius 1 is 1.00 bits per heavy atom. The summed E-state index contributed by atoms with van der Waals surface area (Å²) in [5.41, 5.74) is 2.83. The maximum atomic E-state index is 13.5. The molecule has 4 aromatic rings. The number of amides is 1. The predicted molar refractivity (Wildman–Crippen MR) is 133 cm³/mol. The Morgan fingerprint density at radius 2 is 1.71 bits per heavy atom. The summed E-state index contributed by atoms with van der Waals surface area (Å²) in [4.78, 5) is 27.0. The van der Waals surface area contributed by atoms with Gasteiger partial charge in [-0.15, -0.1) is 0 Å². The SMILES string of the molecule is Cc1nn(-c2ccc(F)cc2)c2nc(C3CC3)nc(N3CCN(C(=O)c4ccccc4Cl)CC3)c12. The lowest BCUT2D eigenvalue weighted by molar-refractivity contribution is 0.0746. The van der Waals surface area contributed by atoms with Gasteiger partial charge in [-0.2, -0.15) is 5.10 Å². The van der Waals surface area contributed by atoms with Gasteiger partial charge in [0.2, 0.25) is 0 Å². The zero-order chi connectivity index (χ0) is 24.1. The molecule has 2 aromatic carbocycles. The molecule has 1 saturated carbocycles. The van der Waals surface area contributed by atoms with Crippen LogP contribution in [0.15, 0.2) is 48.5 Å². The van der Waals surface area contributed by atoms with Crippen molar-refractivity contribution in [1.29, 1.82) is 0 Å². The molecule has 1 amide bonds. The quantitative estimate of drug-likeness (QED) is 0.413. The van der Waals surface area contributed by atoms with Crippen molar-refractivity contribution in [2.24, 2.45) is 0 Å². The van der Waals surface area contributed by atoms with E-state index in [2.05, 4.69) is 4.90 Å². The zero-order valence-corrected chi connectivity index (χ0v) is 20.0. The summed E-state index contributed by atoms with van der Waals surface area (Å²) < 4.78 is 15.3. The first-order chi connectivity index (χ1) is 17.0. The number of aromatic nitrogens is 4. The fraction of sp³-hybridized carbons (Fsp3) is 0.308. The van der Waals surface area contributed by atoms with Gasteiger partial charge in [-0.1, -0.05) is 23.7 Å². The van der Waals surface area contributed by atoms with Crippen LogP contribution in [0.25, 0.3) is 16.7 Å². The molecule has 0 N–H and O–H groups in total. The molecule has 7 nitrogen and oxygen atoms in total. The number of carbonyl (C=O) groups excluding carboxylic acids is 1. The molecule has 35 heavy (non-hydrogen) atoms. The van der Waals surface area contributed by atoms with Gasteiger partial charge in [0.15, 0.2) is 5.65 Å². The van der Waals surface area contributed by atoms with Crippen molar-refractivity contribution in [3.8, 4) is 5.69 Å². The Balaban J connectivity index is 1.34. The molecule has 2 aromatic heterocycles. The highest BCUT2D eigenvalue weighted by atomic mass is 35.5. The number of carbonyl (C=O) groups is 1. The van der Waals surface area contributed by atoms with Gasteiger partial charge < -0.3 is 9.80 Å². The van der Waals surface area contributed by atoms with Gasteiger partial charge in [0.05, 0.1) is 27.4 Å². The summed E-state index contributed by atoms with van der Waals surface area (Å²) in [7, 11) is 0. The second kappa shape index (κ2) is 8.61. The first-order valence-electron chi connectivity index (χ1n) is 11.8. The molecule has 0 bridgehead atoms. The first kappa shape index (κ1) is 22.0. The number of benzene rings is 2. The fourth-order valence-corrected chi connectivity index (χ4v) is 4.84. The average Bonchev–Trinajstić information content (AvgIpc) is 3.68. The first-order valence-corrected chi connectivity index (χ1v) is 12.2. The highest BCUT2D eigenvalue weighted by Gasteiger charge is 2.32. The van der Waals surface area contributed by atoms with Crippen LogP contribution in [-0.4, -0.2) is 56.7 Å². The van der Waals surface area contributed by atoms with Crippen molar-refractivity contribution in [3.63, 3.8) is 0 Å². The van der Waals surface area contributed by atoms with E-state index in [4.69, 9.17) is 26.7 Å². The summed E-state index contributed by atoms with van der Waals surface area (Å²) in [5, 5.41) is 6.11. The molecule has 2 fully saturated rings. The van der Waals surface area contributed by atoms with Gasteiger partial charge in [0, 0.05) is 32.1 Å². The van der Waals surface area contributed by atoms with Crippen LogP contribution in [0, 0.1) is 12.7 Å². The lowest BCUT2D eigenvalue weighted by Gasteiger charge is -2.36. The lowest BCUT2D eigenvalue weighted by atomic mass is 10.1. The van der Waals surface area contributed by atoms with E-state index in [0.717, 1.165) is 46.9 Å². The third-order valence-electron chi connectivity index (χ3n) is 6.68. The van der Waals surface area contributed by atoms with Crippen molar-refractivity contribution >= 4 is 34.4 Å². The minimum absolute atomic E-state index is 0.0536. The van der Waals surface area contributed by atoms with Crippen molar-refractivity contribution in [3.05, 3.63) is 76.5 Å². The third kappa shape index (κ3) is 4.01. The van der Waals surface area contributed by atoms with Crippen LogP contribution >= 0.6 is 11.6 Å². The van der Waals surface area contributed by atoms with Crippen LogP contribution < -0.4 is 4.90 Å². The smallest absolute Gasteiger partial charge is 0.255 e. The molecule has 2 aliphatic rings. The van der Waals surface area contributed by atoms with Crippen LogP contribution in [0.5, 0.6) is 0 Å². The maximum Gasteiger partial charge on any atom is 0.255 e. The Bertz CT molecular complexity index is 1420. The van der Waals surface area contributed by atoms with E-state index in [1.165, 1.54) is 12.1 Å². The molecule has 0 unspecified atom stereocenters. The van der Waals surface area contributed by atoms with Gasteiger partial charge in [-0.25, -0.2) is 19.0 Å². The number of hydrogen-bond donors (Lipinski definition) is 0. The number of halogens is 2. The number of hydrogen-bond acceptors (Lipinski definition) is 5. The predicted octanol–water partition coefficient (Wildman–Crippen LogP) is 4.76. The molecule has 1 aliphatic carbocycles. The highest BCUT2D eigenvalue weighted by Crippen LogP contribution is 2.40. The molecule has 0 radical (unpaired) electrons. The molecule has 6 rings (SSSR count). The lowest BCUT2D eigenvalue weighted by Crippen LogP contribution is -2.49. The van der Waals surface area contributed by atoms with Crippen molar-refractivity contribution < 1.29 is 9.18 Å². The van der Waals surface area contributed by atoms with Crippen molar-refractivity contribution in [2.45, 2.75) is 25.7 Å². The number of piperazine rings is 1. The standard InChI is InChI=1S/C26H24ClFN6O/c1-16-22-24(32-12-14-33(15-13-32)26(35)20-4-2-3-5-21(20)27)29-23(17-6-7-17)30-25(22)34(31-16)19-10-8-18(28)9-11-19/h2-5,8-11,17H,6-7,12-15H2,1H3. The minimum atomic E-state index is -0.292. The van der Waals surface area contributed by atoms with Crippen LogP contribution in [0.3, 0.4) is 0 Å². The summed E-state index contributed by atoms with van der Waals surface area (Å²) in [6.45, 7) is 4.38.